The Balaban J connectivity index is 0.000000401. The van der Waals surface area contributed by atoms with Gasteiger partial charge >= 0.3 is 0 Å². The third kappa shape index (κ3) is 14.8. The van der Waals surface area contributed by atoms with Crippen molar-refractivity contribution in [3.8, 4) is 5.75 Å². The molecule has 1 fully saturated rings. The van der Waals surface area contributed by atoms with Crippen LogP contribution < -0.4 is 26.7 Å². The maximum absolute atomic E-state index is 10.9. The maximum atomic E-state index is 10.9. The summed E-state index contributed by atoms with van der Waals surface area (Å²) in [4.78, 5) is 33.1. The van der Waals surface area contributed by atoms with Gasteiger partial charge in [-0.2, -0.15) is 0 Å². The molecule has 3 aromatic heterocycles. The molecule has 11 heteroatoms. The number of benzene rings is 1. The van der Waals surface area contributed by atoms with Crippen molar-refractivity contribution in [2.24, 2.45) is 18.7 Å². The van der Waals surface area contributed by atoms with E-state index in [0.29, 0.717) is 10.8 Å². The minimum Gasteiger partial charge on any atom is -0.497 e. The average molecular weight is 724 g/mol. The summed E-state index contributed by atoms with van der Waals surface area (Å²) in [5.74, 6) is 1.92. The SMILES string of the molecule is CC.CC.CC1=C(Cc2c[nH]c(=O)c(N)c2)C1.CC1CCCCC1.CCc1cc(OC)ccc1CN(C)c1cc(Cl)nc2c1ncn2C.NC=O. The van der Waals surface area contributed by atoms with Gasteiger partial charge in [0.15, 0.2) is 5.65 Å². The third-order valence-electron chi connectivity index (χ3n) is 8.49. The number of nitrogen functional groups attached to an aromatic ring is 1. The summed E-state index contributed by atoms with van der Waals surface area (Å²) in [7, 11) is 5.65. The Morgan fingerprint density at radius 1 is 1.10 bits per heavy atom. The molecule has 10 nitrogen and oxygen atoms in total. The highest BCUT2D eigenvalue weighted by Gasteiger charge is 2.17. The number of halogens is 1. The zero-order valence-corrected chi connectivity index (χ0v) is 33.4. The van der Waals surface area contributed by atoms with Crippen LogP contribution in [0.2, 0.25) is 5.15 Å². The molecule has 282 valence electrons. The third-order valence-corrected chi connectivity index (χ3v) is 8.68. The standard InChI is InChI=1S/C18H21ClN4O.C10H12N2O.C7H14.2C2H6.CH3NO/c1-5-12-8-14(24-4)7-6-13(12)10-22(2)15-9-16(19)21-18-17(15)20-11-23(18)3;1-6-2-8(6)3-7-4-9(11)10(13)12-5-7;1-7-5-3-2-4-6-7;2*1-2;2-1-3/h6-9,11H,5,10H2,1-4H3;4-5H,2-3,11H2,1H3,(H,12,13);7H,2-6H2,1H3;2*1-2H3;1H,(H2,2,3). The van der Waals surface area contributed by atoms with Crippen molar-refractivity contribution in [2.45, 2.75) is 106 Å². The zero-order valence-electron chi connectivity index (χ0n) is 32.6. The van der Waals surface area contributed by atoms with Crippen LogP contribution in [-0.4, -0.2) is 40.1 Å². The average Bonchev–Trinajstić information content (AvgIpc) is 3.71. The number of fused-ring (bicyclic) bond motifs is 1. The van der Waals surface area contributed by atoms with Crippen LogP contribution in [0.25, 0.3) is 11.2 Å². The Kier molecular flexibility index (Phi) is 21.0. The molecule has 0 aliphatic heterocycles. The Bertz CT molecular complexity index is 1710. The van der Waals surface area contributed by atoms with E-state index in [2.05, 4.69) is 58.5 Å². The number of carbonyl (C=O) groups excluding carboxylic acids is 1. The van der Waals surface area contributed by atoms with Gasteiger partial charge in [0.05, 0.1) is 24.8 Å². The second kappa shape index (κ2) is 24.0. The summed E-state index contributed by atoms with van der Waals surface area (Å²) < 4.78 is 7.20. The van der Waals surface area contributed by atoms with Crippen LogP contribution in [0.1, 0.15) is 104 Å². The summed E-state index contributed by atoms with van der Waals surface area (Å²) in [6, 6.07) is 9.83. The van der Waals surface area contributed by atoms with Crippen molar-refractivity contribution in [2.75, 3.05) is 24.8 Å². The van der Waals surface area contributed by atoms with Crippen LogP contribution in [0.15, 0.2) is 58.8 Å². The van der Waals surface area contributed by atoms with Crippen LogP contribution in [0, 0.1) is 5.92 Å². The van der Waals surface area contributed by atoms with Gasteiger partial charge in [0.1, 0.15) is 16.4 Å². The molecular weight excluding hydrogens is 662 g/mol. The number of nitrogens with one attached hydrogen (secondary N) is 1. The molecule has 6 rings (SSSR count). The molecule has 5 N–H and O–H groups in total. The van der Waals surface area contributed by atoms with Gasteiger partial charge in [-0.25, -0.2) is 9.97 Å². The fraction of sp³-hybridized carbons (Fsp3) is 0.500. The van der Waals surface area contributed by atoms with Crippen molar-refractivity contribution < 1.29 is 9.53 Å². The molecule has 1 aromatic carbocycles. The number of ether oxygens (including phenoxy) is 1. The van der Waals surface area contributed by atoms with E-state index in [1.807, 2.05) is 58.5 Å². The monoisotopic (exact) mass is 723 g/mol. The van der Waals surface area contributed by atoms with Gasteiger partial charge in [-0.1, -0.05) is 102 Å². The molecule has 0 bridgehead atoms. The molecule has 1 amide bonds. The quantitative estimate of drug-likeness (QED) is 0.0982. The predicted octanol–water partition coefficient (Wildman–Crippen LogP) is 8.79. The van der Waals surface area contributed by atoms with Crippen LogP contribution in [0.4, 0.5) is 11.4 Å². The first-order valence-corrected chi connectivity index (χ1v) is 18.5. The molecule has 0 radical (unpaired) electrons. The van der Waals surface area contributed by atoms with Gasteiger partial charge in [0.2, 0.25) is 6.41 Å². The summed E-state index contributed by atoms with van der Waals surface area (Å²) in [6.07, 6.45) is 14.2. The number of carbonyl (C=O) groups is 1. The van der Waals surface area contributed by atoms with Gasteiger partial charge in [-0.15, -0.1) is 0 Å². The number of anilines is 2. The molecule has 2 aliphatic rings. The number of amides is 1. The number of aryl methyl sites for hydroxylation is 2. The largest absolute Gasteiger partial charge is 0.497 e. The van der Waals surface area contributed by atoms with Crippen LogP contribution in [-0.2, 0) is 31.2 Å². The predicted molar refractivity (Wildman–Crippen MR) is 216 cm³/mol. The molecule has 51 heavy (non-hydrogen) atoms. The Morgan fingerprint density at radius 3 is 2.24 bits per heavy atom. The van der Waals surface area contributed by atoms with E-state index < -0.39 is 0 Å². The van der Waals surface area contributed by atoms with E-state index in [4.69, 9.17) is 26.9 Å². The topological polar surface area (TPSA) is 145 Å². The Hall–Kier alpha value is -4.31. The van der Waals surface area contributed by atoms with Crippen LogP contribution in [0.5, 0.6) is 5.75 Å². The first-order valence-electron chi connectivity index (χ1n) is 18.2. The number of primary amides is 1. The van der Waals surface area contributed by atoms with Crippen molar-refractivity contribution in [1.82, 2.24) is 19.5 Å². The molecule has 1 saturated carbocycles. The van der Waals surface area contributed by atoms with Crippen molar-refractivity contribution in [3.63, 3.8) is 0 Å². The summed E-state index contributed by atoms with van der Waals surface area (Å²) in [5, 5.41) is 0.471. The number of aromatic amines is 1. The molecular formula is C40H62ClN7O3. The van der Waals surface area contributed by atoms with Crippen molar-refractivity contribution in [1.29, 1.82) is 0 Å². The number of aromatic nitrogens is 4. The molecule has 4 aromatic rings. The summed E-state index contributed by atoms with van der Waals surface area (Å²) in [6.45, 7) is 15.4. The normalized spacial score (nSPS) is 12.9. The smallest absolute Gasteiger partial charge is 0.271 e. The number of H-pyrrole nitrogens is 1. The van der Waals surface area contributed by atoms with E-state index in [0.717, 1.165) is 59.9 Å². The molecule has 0 saturated heterocycles. The number of allylic oxidation sites excluding steroid dienone is 2. The van der Waals surface area contributed by atoms with Gasteiger partial charge in [0.25, 0.3) is 5.56 Å². The van der Waals surface area contributed by atoms with E-state index in [1.54, 1.807) is 25.7 Å². The van der Waals surface area contributed by atoms with Crippen molar-refractivity contribution in [3.05, 3.63) is 86.2 Å². The number of rotatable bonds is 7. The molecule has 0 atom stereocenters. The van der Waals surface area contributed by atoms with E-state index in [9.17, 15) is 4.79 Å². The van der Waals surface area contributed by atoms with Gasteiger partial charge in [0, 0.05) is 32.9 Å². The zero-order chi connectivity index (χ0) is 38.5. The number of methoxy groups -OCH3 is 1. The highest BCUT2D eigenvalue weighted by molar-refractivity contribution is 6.30. The Labute approximate surface area is 310 Å². The van der Waals surface area contributed by atoms with Crippen molar-refractivity contribution >= 4 is 40.5 Å². The summed E-state index contributed by atoms with van der Waals surface area (Å²) in [5.41, 5.74) is 18.9. The lowest BCUT2D eigenvalue weighted by molar-refractivity contribution is -0.106. The van der Waals surface area contributed by atoms with Crippen LogP contribution >= 0.6 is 11.6 Å². The van der Waals surface area contributed by atoms with E-state index in [-0.39, 0.29) is 12.0 Å². The molecule has 0 unspecified atom stereocenters. The number of hydrogen-bond acceptors (Lipinski definition) is 7. The number of nitrogens with two attached hydrogens (primary N) is 2. The second-order valence-electron chi connectivity index (χ2n) is 12.2. The van der Waals surface area contributed by atoms with E-state index >= 15 is 0 Å². The number of imidazole rings is 1. The first-order chi connectivity index (χ1) is 24.5. The second-order valence-corrected chi connectivity index (χ2v) is 12.6. The van der Waals surface area contributed by atoms with Gasteiger partial charge in [-0.05, 0) is 67.0 Å². The fourth-order valence-corrected chi connectivity index (χ4v) is 5.77. The highest BCUT2D eigenvalue weighted by Crippen LogP contribution is 2.33. The minimum absolute atomic E-state index is 0.203. The molecule has 2 aliphatic carbocycles. The lowest BCUT2D eigenvalue weighted by atomic mass is 9.91. The number of hydrogen-bond donors (Lipinski definition) is 3. The maximum Gasteiger partial charge on any atom is 0.271 e. The van der Waals surface area contributed by atoms with Gasteiger partial charge in [-0.3, -0.25) is 9.59 Å². The summed E-state index contributed by atoms with van der Waals surface area (Å²) >= 11 is 6.20. The number of nitrogens with zero attached hydrogens (tertiary/aromatic N) is 4. The lowest BCUT2D eigenvalue weighted by Crippen LogP contribution is -2.18. The molecule has 3 heterocycles. The van der Waals surface area contributed by atoms with E-state index in [1.165, 1.54) is 54.4 Å². The first kappa shape index (κ1) is 44.7. The lowest BCUT2D eigenvalue weighted by Gasteiger charge is -2.22. The fourth-order valence-electron chi connectivity index (χ4n) is 5.59. The van der Waals surface area contributed by atoms with Crippen LogP contribution in [0.3, 0.4) is 0 Å². The Morgan fingerprint density at radius 2 is 1.73 bits per heavy atom. The highest BCUT2D eigenvalue weighted by atomic mass is 35.5. The van der Waals surface area contributed by atoms with Gasteiger partial charge < -0.3 is 30.7 Å². The molecule has 0 spiro atoms. The number of pyridine rings is 2. The minimum atomic E-state index is -0.203.